The number of amides is 1. The van der Waals surface area contributed by atoms with Crippen LogP contribution in [0.5, 0.6) is 0 Å². The van der Waals surface area contributed by atoms with Crippen molar-refractivity contribution in [2.24, 2.45) is 5.92 Å². The van der Waals surface area contributed by atoms with Gasteiger partial charge in [0.15, 0.2) is 0 Å². The fourth-order valence-electron chi connectivity index (χ4n) is 4.79. The van der Waals surface area contributed by atoms with Crippen LogP contribution < -0.4 is 10.2 Å². The number of carbonyl (C=O) groups excluding carboxylic acids is 1. The molecule has 0 spiro atoms. The molecule has 30 heavy (non-hydrogen) atoms. The third-order valence-corrected chi connectivity index (χ3v) is 6.75. The zero-order valence-corrected chi connectivity index (χ0v) is 17.7. The molecule has 1 N–H and O–H groups in total. The van der Waals surface area contributed by atoms with Gasteiger partial charge in [0, 0.05) is 44.3 Å². The first kappa shape index (κ1) is 20.7. The van der Waals surface area contributed by atoms with E-state index >= 15 is 0 Å². The Kier molecular flexibility index (Phi) is 6.91. The van der Waals surface area contributed by atoms with E-state index in [2.05, 4.69) is 27.3 Å². The van der Waals surface area contributed by atoms with E-state index in [1.165, 1.54) is 19.3 Å². The summed E-state index contributed by atoms with van der Waals surface area (Å²) in [5, 5.41) is 12.3. The molecule has 1 amide bonds. The number of ether oxygens (including phenoxy) is 1. The Morgan fingerprint density at radius 1 is 1.17 bits per heavy atom. The number of nitriles is 1. The fourth-order valence-corrected chi connectivity index (χ4v) is 4.79. The Hall–Kier alpha value is -2.52. The molecule has 0 radical (unpaired) electrons. The molecule has 1 saturated heterocycles. The lowest BCUT2D eigenvalue weighted by molar-refractivity contribution is -0.118. The summed E-state index contributed by atoms with van der Waals surface area (Å²) in [6.07, 6.45) is 8.20. The molecule has 1 saturated carbocycles. The SMILES string of the molecule is N#Cc1cccc(N2CCN(CCC3CCC(NC(=O)C4=COCC4)CC3)CC2)c1. The molecule has 0 unspecified atom stereocenters. The summed E-state index contributed by atoms with van der Waals surface area (Å²) in [6, 6.07) is 10.5. The van der Waals surface area contributed by atoms with E-state index in [0.717, 1.165) is 74.7 Å². The molecule has 2 heterocycles. The Bertz CT molecular complexity index is 800. The molecule has 1 aromatic rings. The van der Waals surface area contributed by atoms with Crippen molar-refractivity contribution in [2.45, 2.75) is 44.6 Å². The van der Waals surface area contributed by atoms with Gasteiger partial charge in [-0.15, -0.1) is 0 Å². The van der Waals surface area contributed by atoms with Gasteiger partial charge in [0.1, 0.15) is 0 Å². The van der Waals surface area contributed by atoms with Crippen LogP contribution in [0.15, 0.2) is 36.1 Å². The number of nitrogens with one attached hydrogen (secondary N) is 1. The minimum absolute atomic E-state index is 0.0640. The largest absolute Gasteiger partial charge is 0.500 e. The predicted molar refractivity (Wildman–Crippen MR) is 117 cm³/mol. The Balaban J connectivity index is 1.14. The van der Waals surface area contributed by atoms with E-state index in [0.29, 0.717) is 12.6 Å². The van der Waals surface area contributed by atoms with Gasteiger partial charge in [0.2, 0.25) is 0 Å². The monoisotopic (exact) mass is 408 g/mol. The van der Waals surface area contributed by atoms with Crippen LogP contribution in [0.4, 0.5) is 5.69 Å². The standard InChI is InChI=1S/C24H32N4O2/c25-17-20-2-1-3-23(16-20)28-13-11-27(12-14-28)10-8-19-4-6-22(7-5-19)26-24(29)21-9-15-30-18-21/h1-3,16,18-19,22H,4-15H2,(H,26,29). The van der Waals surface area contributed by atoms with Gasteiger partial charge in [0.05, 0.1) is 30.1 Å². The lowest BCUT2D eigenvalue weighted by atomic mass is 9.84. The van der Waals surface area contributed by atoms with Crippen LogP contribution in [-0.4, -0.2) is 56.2 Å². The minimum atomic E-state index is 0.0640. The van der Waals surface area contributed by atoms with Crippen molar-refractivity contribution in [2.75, 3.05) is 44.2 Å². The molecule has 160 valence electrons. The maximum Gasteiger partial charge on any atom is 0.250 e. The van der Waals surface area contributed by atoms with Crippen LogP contribution in [0, 0.1) is 17.2 Å². The van der Waals surface area contributed by atoms with E-state index < -0.39 is 0 Å². The molecule has 6 heteroatoms. The van der Waals surface area contributed by atoms with Crippen molar-refractivity contribution >= 4 is 11.6 Å². The Morgan fingerprint density at radius 3 is 2.67 bits per heavy atom. The molecule has 4 rings (SSSR count). The van der Waals surface area contributed by atoms with Crippen molar-refractivity contribution in [3.63, 3.8) is 0 Å². The molecule has 2 aliphatic heterocycles. The summed E-state index contributed by atoms with van der Waals surface area (Å²) in [5.41, 5.74) is 2.68. The summed E-state index contributed by atoms with van der Waals surface area (Å²) in [6.45, 7) is 6.01. The lowest BCUT2D eigenvalue weighted by Crippen LogP contribution is -2.47. The molecule has 2 fully saturated rings. The highest BCUT2D eigenvalue weighted by Crippen LogP contribution is 2.28. The van der Waals surface area contributed by atoms with Crippen molar-refractivity contribution < 1.29 is 9.53 Å². The van der Waals surface area contributed by atoms with Gasteiger partial charge in [-0.1, -0.05) is 6.07 Å². The lowest BCUT2D eigenvalue weighted by Gasteiger charge is -2.37. The van der Waals surface area contributed by atoms with E-state index in [1.54, 1.807) is 6.26 Å². The van der Waals surface area contributed by atoms with Gasteiger partial charge in [-0.05, 0) is 62.8 Å². The molecule has 0 bridgehead atoms. The summed E-state index contributed by atoms with van der Waals surface area (Å²) >= 11 is 0. The predicted octanol–water partition coefficient (Wildman–Crippen LogP) is 3.05. The number of piperazine rings is 1. The normalized spacial score (nSPS) is 24.6. The van der Waals surface area contributed by atoms with Crippen LogP contribution in [0.2, 0.25) is 0 Å². The maximum atomic E-state index is 12.2. The van der Waals surface area contributed by atoms with Crippen LogP contribution >= 0.6 is 0 Å². The number of nitrogens with zero attached hydrogens (tertiary/aromatic N) is 3. The molecular weight excluding hydrogens is 376 g/mol. The third-order valence-electron chi connectivity index (χ3n) is 6.75. The van der Waals surface area contributed by atoms with E-state index in [4.69, 9.17) is 10.00 Å². The zero-order valence-electron chi connectivity index (χ0n) is 17.7. The average molecular weight is 409 g/mol. The van der Waals surface area contributed by atoms with Crippen LogP contribution in [0.1, 0.15) is 44.1 Å². The van der Waals surface area contributed by atoms with Crippen molar-refractivity contribution in [3.8, 4) is 6.07 Å². The topological polar surface area (TPSA) is 68.6 Å². The summed E-state index contributed by atoms with van der Waals surface area (Å²) < 4.78 is 5.17. The number of hydrogen-bond donors (Lipinski definition) is 1. The van der Waals surface area contributed by atoms with Gasteiger partial charge in [-0.25, -0.2) is 0 Å². The van der Waals surface area contributed by atoms with Gasteiger partial charge >= 0.3 is 0 Å². The van der Waals surface area contributed by atoms with E-state index in [-0.39, 0.29) is 5.91 Å². The average Bonchev–Trinajstić information content (AvgIpc) is 3.34. The zero-order chi connectivity index (χ0) is 20.8. The quantitative estimate of drug-likeness (QED) is 0.784. The first-order valence-electron chi connectivity index (χ1n) is 11.3. The first-order valence-corrected chi connectivity index (χ1v) is 11.3. The van der Waals surface area contributed by atoms with Crippen molar-refractivity contribution in [1.82, 2.24) is 10.2 Å². The van der Waals surface area contributed by atoms with Crippen LogP contribution in [0.3, 0.4) is 0 Å². The second kappa shape index (κ2) is 9.99. The van der Waals surface area contributed by atoms with Gasteiger partial charge < -0.3 is 15.0 Å². The molecule has 6 nitrogen and oxygen atoms in total. The highest BCUT2D eigenvalue weighted by atomic mass is 16.5. The number of anilines is 1. The fraction of sp³-hybridized carbons (Fsp3) is 0.583. The smallest absolute Gasteiger partial charge is 0.250 e. The number of rotatable bonds is 6. The summed E-state index contributed by atoms with van der Waals surface area (Å²) in [4.78, 5) is 17.2. The van der Waals surface area contributed by atoms with E-state index in [1.807, 2.05) is 18.2 Å². The molecule has 1 aromatic carbocycles. The summed E-state index contributed by atoms with van der Waals surface area (Å²) in [5.74, 6) is 0.839. The molecule has 0 aromatic heterocycles. The molecule has 0 atom stereocenters. The van der Waals surface area contributed by atoms with E-state index in [9.17, 15) is 4.79 Å². The maximum absolute atomic E-state index is 12.2. The first-order chi connectivity index (χ1) is 14.7. The van der Waals surface area contributed by atoms with Gasteiger partial charge in [0.25, 0.3) is 5.91 Å². The number of carbonyl (C=O) groups is 1. The van der Waals surface area contributed by atoms with Gasteiger partial charge in [-0.3, -0.25) is 9.69 Å². The third kappa shape index (κ3) is 5.34. The molecule has 3 aliphatic rings. The highest BCUT2D eigenvalue weighted by Gasteiger charge is 2.25. The minimum Gasteiger partial charge on any atom is -0.500 e. The molecular formula is C24H32N4O2. The van der Waals surface area contributed by atoms with Crippen LogP contribution in [-0.2, 0) is 9.53 Å². The second-order valence-electron chi connectivity index (χ2n) is 8.73. The molecule has 1 aliphatic carbocycles. The Labute approximate surface area is 179 Å². The van der Waals surface area contributed by atoms with Crippen molar-refractivity contribution in [1.29, 1.82) is 5.26 Å². The summed E-state index contributed by atoms with van der Waals surface area (Å²) in [7, 11) is 0. The number of benzene rings is 1. The van der Waals surface area contributed by atoms with Gasteiger partial charge in [-0.2, -0.15) is 5.26 Å². The van der Waals surface area contributed by atoms with Crippen LogP contribution in [0.25, 0.3) is 0 Å². The Morgan fingerprint density at radius 2 is 1.97 bits per heavy atom. The second-order valence-corrected chi connectivity index (χ2v) is 8.73. The van der Waals surface area contributed by atoms with Crippen molar-refractivity contribution in [3.05, 3.63) is 41.7 Å². The highest BCUT2D eigenvalue weighted by molar-refractivity contribution is 5.93. The number of hydrogen-bond acceptors (Lipinski definition) is 5.